The van der Waals surface area contributed by atoms with Crippen molar-refractivity contribution in [3.05, 3.63) is 72.3 Å². The number of aromatic nitrogens is 4. The van der Waals surface area contributed by atoms with Crippen molar-refractivity contribution in [2.24, 2.45) is 7.05 Å². The van der Waals surface area contributed by atoms with Gasteiger partial charge in [0.05, 0.1) is 35.4 Å². The van der Waals surface area contributed by atoms with Gasteiger partial charge in [0.2, 0.25) is 5.91 Å². The highest BCUT2D eigenvalue weighted by Gasteiger charge is 2.29. The number of benzene rings is 2. The van der Waals surface area contributed by atoms with Crippen LogP contribution in [0, 0.1) is 6.92 Å². The molecule has 2 aromatic heterocycles. The zero-order valence-corrected chi connectivity index (χ0v) is 25.5. The molecule has 0 radical (unpaired) electrons. The predicted octanol–water partition coefficient (Wildman–Crippen LogP) is 5.18. The molecule has 1 N–H and O–H groups in total. The minimum atomic E-state index is -0.226. The van der Waals surface area contributed by atoms with Crippen LogP contribution in [0.2, 0.25) is 0 Å². The van der Waals surface area contributed by atoms with Gasteiger partial charge in [0.1, 0.15) is 12.1 Å². The van der Waals surface area contributed by atoms with E-state index in [4.69, 9.17) is 4.74 Å². The van der Waals surface area contributed by atoms with Crippen molar-refractivity contribution in [2.45, 2.75) is 52.1 Å². The molecule has 1 aliphatic rings. The van der Waals surface area contributed by atoms with Gasteiger partial charge in [-0.1, -0.05) is 18.7 Å². The van der Waals surface area contributed by atoms with Gasteiger partial charge in [-0.3, -0.25) is 14.4 Å². The number of nitrogens with one attached hydrogen (secondary N) is 1. The van der Waals surface area contributed by atoms with E-state index in [0.717, 1.165) is 88.6 Å². The lowest BCUT2D eigenvalue weighted by Gasteiger charge is -2.44. The highest BCUT2D eigenvalue weighted by atomic mass is 16.5. The zero-order chi connectivity index (χ0) is 30.0. The maximum atomic E-state index is 12.4. The molecule has 42 heavy (non-hydrogen) atoms. The Morgan fingerprint density at radius 1 is 1.10 bits per heavy atom. The van der Waals surface area contributed by atoms with Crippen molar-refractivity contribution >= 4 is 28.2 Å². The van der Waals surface area contributed by atoms with E-state index in [0.29, 0.717) is 12.1 Å². The standard InChI is InChI=1S/C33H41N7O2/c1-8-33(41)36-29-14-25(32(42-7)17-31(29)40-18-21(2)38(5)22(3)19-40)10-9-11-26-16-28(35-20-34-26)24-12-13-27-23(4)37-39(6)30(27)15-24/h8,12-17,20-22H,1,9-11,18-19H2,2-7H3,(H,36,41). The van der Waals surface area contributed by atoms with Crippen molar-refractivity contribution in [2.75, 3.05) is 37.5 Å². The van der Waals surface area contributed by atoms with E-state index in [2.05, 4.69) is 94.1 Å². The van der Waals surface area contributed by atoms with Gasteiger partial charge in [-0.25, -0.2) is 9.97 Å². The molecule has 1 amide bonds. The topological polar surface area (TPSA) is 88.4 Å². The number of aryl methyl sites for hydroxylation is 4. The van der Waals surface area contributed by atoms with Crippen molar-refractivity contribution in [1.29, 1.82) is 0 Å². The summed E-state index contributed by atoms with van der Waals surface area (Å²) in [5.74, 6) is 0.597. The third kappa shape index (κ3) is 6.01. The van der Waals surface area contributed by atoms with E-state index in [9.17, 15) is 4.79 Å². The number of carbonyl (C=O) groups excluding carboxylic acids is 1. The van der Waals surface area contributed by atoms with Crippen molar-refractivity contribution in [1.82, 2.24) is 24.6 Å². The van der Waals surface area contributed by atoms with E-state index < -0.39 is 0 Å². The second kappa shape index (κ2) is 12.3. The zero-order valence-electron chi connectivity index (χ0n) is 25.5. The monoisotopic (exact) mass is 567 g/mol. The highest BCUT2D eigenvalue weighted by molar-refractivity contribution is 6.01. The van der Waals surface area contributed by atoms with Crippen LogP contribution < -0.4 is 15.0 Å². The number of carbonyl (C=O) groups is 1. The Bertz CT molecular complexity index is 1600. The predicted molar refractivity (Wildman–Crippen MR) is 169 cm³/mol. The van der Waals surface area contributed by atoms with E-state index in [1.165, 1.54) is 6.08 Å². The van der Waals surface area contributed by atoms with Gasteiger partial charge in [-0.2, -0.15) is 5.10 Å². The first-order valence-electron chi connectivity index (χ1n) is 14.5. The van der Waals surface area contributed by atoms with Crippen LogP contribution in [-0.4, -0.2) is 69.9 Å². The fourth-order valence-electron chi connectivity index (χ4n) is 5.90. The van der Waals surface area contributed by atoms with Crippen molar-refractivity contribution in [3.63, 3.8) is 0 Å². The van der Waals surface area contributed by atoms with Crippen LogP contribution in [0.5, 0.6) is 5.75 Å². The molecule has 0 aliphatic carbocycles. The fraction of sp³-hybridized carbons (Fsp3) is 0.394. The molecule has 3 heterocycles. The molecular weight excluding hydrogens is 526 g/mol. The van der Waals surface area contributed by atoms with Crippen LogP contribution in [0.15, 0.2) is 55.4 Å². The van der Waals surface area contributed by atoms with Crippen LogP contribution >= 0.6 is 0 Å². The van der Waals surface area contributed by atoms with Gasteiger partial charge in [-0.15, -0.1) is 0 Å². The Hall–Kier alpha value is -4.24. The number of methoxy groups -OCH3 is 1. The number of likely N-dealkylation sites (N-methyl/N-ethyl adjacent to an activating group) is 1. The van der Waals surface area contributed by atoms with Gasteiger partial charge in [0.15, 0.2) is 0 Å². The molecule has 2 unspecified atom stereocenters. The average molecular weight is 568 g/mol. The molecule has 1 aliphatic heterocycles. The average Bonchev–Trinajstić information content (AvgIpc) is 3.28. The summed E-state index contributed by atoms with van der Waals surface area (Å²) in [6.07, 6.45) is 5.37. The van der Waals surface area contributed by atoms with E-state index in [-0.39, 0.29) is 5.91 Å². The molecule has 220 valence electrons. The molecule has 0 spiro atoms. The molecule has 9 nitrogen and oxygen atoms in total. The van der Waals surface area contributed by atoms with Crippen LogP contribution in [0.4, 0.5) is 11.4 Å². The number of hydrogen-bond acceptors (Lipinski definition) is 7. The lowest BCUT2D eigenvalue weighted by molar-refractivity contribution is -0.111. The molecule has 2 aromatic carbocycles. The summed E-state index contributed by atoms with van der Waals surface area (Å²) in [7, 11) is 5.83. The van der Waals surface area contributed by atoms with Crippen LogP contribution in [0.25, 0.3) is 22.2 Å². The molecule has 1 fully saturated rings. The first kappa shape index (κ1) is 29.3. The van der Waals surface area contributed by atoms with Crippen LogP contribution in [0.1, 0.15) is 37.2 Å². The summed E-state index contributed by atoms with van der Waals surface area (Å²) in [6, 6.07) is 13.3. The molecule has 2 atom stereocenters. The van der Waals surface area contributed by atoms with Gasteiger partial charge in [0.25, 0.3) is 0 Å². The maximum absolute atomic E-state index is 12.4. The molecular formula is C33H41N7O2. The van der Waals surface area contributed by atoms with Crippen LogP contribution in [0.3, 0.4) is 0 Å². The van der Waals surface area contributed by atoms with E-state index in [1.807, 2.05) is 18.7 Å². The largest absolute Gasteiger partial charge is 0.496 e. The first-order chi connectivity index (χ1) is 20.2. The Morgan fingerprint density at radius 3 is 2.57 bits per heavy atom. The Balaban J connectivity index is 1.35. The number of amides is 1. The Kier molecular flexibility index (Phi) is 8.59. The minimum absolute atomic E-state index is 0.226. The summed E-state index contributed by atoms with van der Waals surface area (Å²) in [5.41, 5.74) is 7.82. The lowest BCUT2D eigenvalue weighted by atomic mass is 10.0. The summed E-state index contributed by atoms with van der Waals surface area (Å²) in [4.78, 5) is 26.2. The van der Waals surface area contributed by atoms with E-state index >= 15 is 0 Å². The smallest absolute Gasteiger partial charge is 0.247 e. The summed E-state index contributed by atoms with van der Waals surface area (Å²) in [5, 5.41) is 8.73. The molecule has 0 bridgehead atoms. The minimum Gasteiger partial charge on any atom is -0.496 e. The highest BCUT2D eigenvalue weighted by Crippen LogP contribution is 2.36. The number of ether oxygens (including phenoxy) is 1. The fourth-order valence-corrected chi connectivity index (χ4v) is 5.90. The second-order valence-electron chi connectivity index (χ2n) is 11.3. The first-order valence-corrected chi connectivity index (χ1v) is 14.5. The number of nitrogens with zero attached hydrogens (tertiary/aromatic N) is 6. The van der Waals surface area contributed by atoms with Crippen molar-refractivity contribution < 1.29 is 9.53 Å². The number of fused-ring (bicyclic) bond motifs is 1. The number of rotatable bonds is 9. The quantitative estimate of drug-likeness (QED) is 0.279. The lowest BCUT2D eigenvalue weighted by Crippen LogP contribution is -2.55. The van der Waals surface area contributed by atoms with Gasteiger partial charge >= 0.3 is 0 Å². The summed E-state index contributed by atoms with van der Waals surface area (Å²) >= 11 is 0. The van der Waals surface area contributed by atoms with Gasteiger partial charge in [0, 0.05) is 54.9 Å². The number of hydrogen-bond donors (Lipinski definition) is 1. The molecule has 1 saturated heterocycles. The summed E-state index contributed by atoms with van der Waals surface area (Å²) < 4.78 is 7.77. The second-order valence-corrected chi connectivity index (χ2v) is 11.3. The molecule has 0 saturated carbocycles. The molecule has 4 aromatic rings. The van der Waals surface area contributed by atoms with Gasteiger partial charge in [-0.05, 0) is 76.9 Å². The van der Waals surface area contributed by atoms with Crippen LogP contribution in [-0.2, 0) is 24.7 Å². The number of piperazine rings is 1. The van der Waals surface area contributed by atoms with Gasteiger partial charge < -0.3 is 15.0 Å². The normalized spacial score (nSPS) is 17.4. The molecule has 5 rings (SSSR count). The van der Waals surface area contributed by atoms with E-state index in [1.54, 1.807) is 13.4 Å². The van der Waals surface area contributed by atoms with Crippen molar-refractivity contribution in [3.8, 4) is 17.0 Å². The SMILES string of the molecule is C=CC(=O)Nc1cc(CCCc2cc(-c3ccc4c(C)nn(C)c4c3)ncn2)c(OC)cc1N1CC(C)N(C)C(C)C1. The Labute approximate surface area is 248 Å². The molecule has 9 heteroatoms. The third-order valence-corrected chi connectivity index (χ3v) is 8.48. The maximum Gasteiger partial charge on any atom is 0.247 e. The Morgan fingerprint density at radius 2 is 1.86 bits per heavy atom. The third-order valence-electron chi connectivity index (χ3n) is 8.48. The summed E-state index contributed by atoms with van der Waals surface area (Å²) in [6.45, 7) is 11.9. The number of anilines is 2.